The predicted octanol–water partition coefficient (Wildman–Crippen LogP) is 3.88. The number of halogens is 2. The molecule has 3 aliphatic rings. The second-order valence-corrected chi connectivity index (χ2v) is 10.2. The smallest absolute Gasteiger partial charge is 0.254 e. The summed E-state index contributed by atoms with van der Waals surface area (Å²) in [6.07, 6.45) is 3.20. The molecule has 0 radical (unpaired) electrons. The Balaban J connectivity index is 1.24. The van der Waals surface area contributed by atoms with Crippen LogP contribution in [0.15, 0.2) is 36.4 Å². The number of nitrogens with two attached hydrogens (primary N) is 1. The average molecular weight is 505 g/mol. The zero-order chi connectivity index (χ0) is 25.7. The molecule has 3 aromatic rings. The van der Waals surface area contributed by atoms with Crippen LogP contribution in [0.4, 0.5) is 20.3 Å². The van der Waals surface area contributed by atoms with Gasteiger partial charge in [0.25, 0.3) is 5.91 Å². The van der Waals surface area contributed by atoms with Gasteiger partial charge in [0.2, 0.25) is 5.95 Å². The summed E-state index contributed by atoms with van der Waals surface area (Å²) in [6, 6.07) is 11.2. The van der Waals surface area contributed by atoms with Crippen LogP contribution < -0.4 is 16.0 Å². The molecule has 2 fully saturated rings. The highest BCUT2D eigenvalue weighted by atomic mass is 19.1. The Hall–Kier alpha value is -3.59. The van der Waals surface area contributed by atoms with Crippen LogP contribution in [0.1, 0.15) is 35.7 Å². The summed E-state index contributed by atoms with van der Waals surface area (Å²) in [6.45, 7) is 6.76. The first-order valence-electron chi connectivity index (χ1n) is 12.9. The van der Waals surface area contributed by atoms with Crippen LogP contribution in [0.25, 0.3) is 22.5 Å². The van der Waals surface area contributed by atoms with Crippen LogP contribution in [0, 0.1) is 17.7 Å². The molecular formula is C28H30F2N6O. The summed E-state index contributed by atoms with van der Waals surface area (Å²) in [4.78, 5) is 25.3. The number of amides is 1. The summed E-state index contributed by atoms with van der Waals surface area (Å²) >= 11 is 0. The lowest BCUT2D eigenvalue weighted by molar-refractivity contribution is 0.0941. The number of nitrogens with one attached hydrogen (secondary N) is 1. The summed E-state index contributed by atoms with van der Waals surface area (Å²) < 4.78 is 29.7. The molecule has 2 aromatic carbocycles. The summed E-state index contributed by atoms with van der Waals surface area (Å²) in [7, 11) is 0. The largest absolute Gasteiger partial charge is 0.382 e. The van der Waals surface area contributed by atoms with Crippen molar-refractivity contribution in [1.82, 2.24) is 20.2 Å². The maximum absolute atomic E-state index is 14.9. The van der Waals surface area contributed by atoms with Gasteiger partial charge in [0.15, 0.2) is 5.82 Å². The van der Waals surface area contributed by atoms with Gasteiger partial charge >= 0.3 is 0 Å². The molecule has 1 atom stereocenters. The van der Waals surface area contributed by atoms with Gasteiger partial charge in [-0.1, -0.05) is 12.1 Å². The Morgan fingerprint density at radius 3 is 2.43 bits per heavy atom. The molecule has 1 saturated carbocycles. The maximum atomic E-state index is 14.9. The highest BCUT2D eigenvalue weighted by Gasteiger charge is 2.33. The highest BCUT2D eigenvalue weighted by Crippen LogP contribution is 2.36. The lowest BCUT2D eigenvalue weighted by Crippen LogP contribution is -2.50. The highest BCUT2D eigenvalue weighted by molar-refractivity contribution is 5.97. The number of hydrogen-bond acceptors (Lipinski definition) is 6. The second kappa shape index (κ2) is 9.37. The number of nitrogens with zero attached hydrogens (tertiary/aromatic N) is 4. The van der Waals surface area contributed by atoms with Gasteiger partial charge in [-0.25, -0.2) is 9.37 Å². The third kappa shape index (κ3) is 4.52. The van der Waals surface area contributed by atoms with Gasteiger partial charge in [0.1, 0.15) is 17.2 Å². The molecule has 0 bridgehead atoms. The van der Waals surface area contributed by atoms with E-state index in [9.17, 15) is 13.6 Å². The number of aromatic nitrogens is 2. The van der Waals surface area contributed by atoms with Gasteiger partial charge in [0.05, 0.1) is 5.56 Å². The minimum Gasteiger partial charge on any atom is -0.382 e. The first kappa shape index (κ1) is 23.8. The van der Waals surface area contributed by atoms with Gasteiger partial charge in [-0.2, -0.15) is 9.37 Å². The molecule has 37 heavy (non-hydrogen) atoms. The summed E-state index contributed by atoms with van der Waals surface area (Å²) in [5.74, 6) is -1.15. The van der Waals surface area contributed by atoms with Crippen LogP contribution in [0.5, 0.6) is 0 Å². The average Bonchev–Trinajstić information content (AvgIpc) is 3.74. The quantitative estimate of drug-likeness (QED) is 0.549. The lowest BCUT2D eigenvalue weighted by atomic mass is 9.96. The number of piperazine rings is 1. The van der Waals surface area contributed by atoms with E-state index in [1.54, 1.807) is 6.07 Å². The topological polar surface area (TPSA) is 87.4 Å². The van der Waals surface area contributed by atoms with Gasteiger partial charge in [0, 0.05) is 55.6 Å². The minimum absolute atomic E-state index is 0.0299. The van der Waals surface area contributed by atoms with Crippen molar-refractivity contribution in [3.8, 4) is 22.5 Å². The standard InChI is InChI=1S/C28H30F2N6O/c1-16(17-2-3-17)35-10-12-36(13-11-35)21-6-4-18(5-7-21)24-26(30)34-27(31)25(33-24)20-14-19-8-9-32-28(37)23(19)22(29)15-20/h4-7,14-17H,2-3,8-13H2,1H3,(H2,31,34)(H,32,37)/t16-/m1/s1. The molecule has 0 spiro atoms. The normalized spacial score (nSPS) is 18.9. The first-order valence-corrected chi connectivity index (χ1v) is 12.9. The first-order chi connectivity index (χ1) is 17.9. The zero-order valence-corrected chi connectivity index (χ0v) is 20.8. The van der Waals surface area contributed by atoms with E-state index in [4.69, 9.17) is 5.73 Å². The van der Waals surface area contributed by atoms with E-state index in [1.807, 2.05) is 24.3 Å². The van der Waals surface area contributed by atoms with Crippen molar-refractivity contribution in [2.75, 3.05) is 43.4 Å². The van der Waals surface area contributed by atoms with Crippen LogP contribution in [0.3, 0.4) is 0 Å². The zero-order valence-electron chi connectivity index (χ0n) is 20.8. The molecule has 1 amide bonds. The molecule has 2 aliphatic heterocycles. The number of fused-ring (bicyclic) bond motifs is 1. The van der Waals surface area contributed by atoms with E-state index < -0.39 is 17.7 Å². The molecule has 0 unspecified atom stereocenters. The number of rotatable bonds is 5. The fraction of sp³-hybridized carbons (Fsp3) is 0.393. The van der Waals surface area contributed by atoms with Crippen LogP contribution in [-0.4, -0.2) is 59.5 Å². The Labute approximate surface area is 214 Å². The number of hydrogen-bond donors (Lipinski definition) is 2. The molecule has 3 heterocycles. The molecule has 7 nitrogen and oxygen atoms in total. The fourth-order valence-electron chi connectivity index (χ4n) is 5.57. The number of benzene rings is 2. The van der Waals surface area contributed by atoms with Crippen LogP contribution >= 0.6 is 0 Å². The number of nitrogen functional groups attached to an aromatic ring is 1. The van der Waals surface area contributed by atoms with E-state index >= 15 is 0 Å². The van der Waals surface area contributed by atoms with E-state index in [0.717, 1.165) is 37.8 Å². The summed E-state index contributed by atoms with van der Waals surface area (Å²) in [5.41, 5.74) is 8.86. The monoisotopic (exact) mass is 504 g/mol. The van der Waals surface area contributed by atoms with Crippen molar-refractivity contribution in [2.45, 2.75) is 32.2 Å². The molecule has 6 rings (SSSR count). The van der Waals surface area contributed by atoms with Gasteiger partial charge in [-0.15, -0.1) is 0 Å². The van der Waals surface area contributed by atoms with E-state index in [-0.39, 0.29) is 22.8 Å². The van der Waals surface area contributed by atoms with Crippen molar-refractivity contribution in [3.05, 3.63) is 59.3 Å². The maximum Gasteiger partial charge on any atom is 0.254 e. The summed E-state index contributed by atoms with van der Waals surface area (Å²) in [5, 5.41) is 2.64. The Bertz CT molecular complexity index is 1350. The third-order valence-electron chi connectivity index (χ3n) is 7.93. The Kier molecular flexibility index (Phi) is 6.03. The van der Waals surface area contributed by atoms with Crippen molar-refractivity contribution < 1.29 is 13.6 Å². The van der Waals surface area contributed by atoms with Crippen LogP contribution in [-0.2, 0) is 6.42 Å². The Morgan fingerprint density at radius 1 is 1.00 bits per heavy atom. The molecule has 9 heteroatoms. The minimum atomic E-state index is -0.783. The number of carbonyl (C=O) groups excluding carboxylic acids is 1. The van der Waals surface area contributed by atoms with Crippen molar-refractivity contribution >= 4 is 17.4 Å². The van der Waals surface area contributed by atoms with E-state index in [2.05, 4.69) is 32.0 Å². The molecule has 192 valence electrons. The third-order valence-corrected chi connectivity index (χ3v) is 7.93. The van der Waals surface area contributed by atoms with Gasteiger partial charge in [-0.3, -0.25) is 9.69 Å². The molecule has 3 N–H and O–H groups in total. The van der Waals surface area contributed by atoms with E-state index in [0.29, 0.717) is 35.7 Å². The van der Waals surface area contributed by atoms with Crippen LogP contribution in [0.2, 0.25) is 0 Å². The lowest BCUT2D eigenvalue weighted by Gasteiger charge is -2.39. The second-order valence-electron chi connectivity index (χ2n) is 10.2. The van der Waals surface area contributed by atoms with Crippen molar-refractivity contribution in [2.24, 2.45) is 5.92 Å². The van der Waals surface area contributed by atoms with Gasteiger partial charge < -0.3 is 16.0 Å². The van der Waals surface area contributed by atoms with Crippen molar-refractivity contribution in [1.29, 1.82) is 0 Å². The molecular weight excluding hydrogens is 474 g/mol. The number of carbonyl (C=O) groups is 1. The van der Waals surface area contributed by atoms with E-state index in [1.165, 1.54) is 18.9 Å². The fourth-order valence-corrected chi connectivity index (χ4v) is 5.57. The SMILES string of the molecule is C[C@H](C1CC1)N1CCN(c2ccc(-c3nc(-c4cc(F)c5c(c4)CCNC5=O)c(N)nc3F)cc2)CC1. The predicted molar refractivity (Wildman–Crippen MR) is 139 cm³/mol. The molecule has 1 aromatic heterocycles. The Morgan fingerprint density at radius 2 is 1.73 bits per heavy atom. The molecule has 1 saturated heterocycles. The van der Waals surface area contributed by atoms with Gasteiger partial charge in [-0.05, 0) is 61.9 Å². The number of anilines is 2. The van der Waals surface area contributed by atoms with Crippen molar-refractivity contribution in [3.63, 3.8) is 0 Å². The molecule has 1 aliphatic carbocycles.